The molecule has 1 unspecified atom stereocenters. The summed E-state index contributed by atoms with van der Waals surface area (Å²) < 4.78 is 0. The molecule has 0 spiro atoms. The number of carbonyl (C=O) groups is 2. The van der Waals surface area contributed by atoms with E-state index in [0.717, 1.165) is 62.9 Å². The first kappa shape index (κ1) is 19.3. The van der Waals surface area contributed by atoms with Crippen molar-refractivity contribution in [3.8, 4) is 0 Å². The van der Waals surface area contributed by atoms with Crippen molar-refractivity contribution < 1.29 is 9.59 Å². The molecule has 1 N–H and O–H groups in total. The molecule has 1 heterocycles. The van der Waals surface area contributed by atoms with Crippen LogP contribution in [0.25, 0.3) is 0 Å². The first-order valence-corrected chi connectivity index (χ1v) is 11.6. The molecule has 4 nitrogen and oxygen atoms in total. The molecule has 5 fully saturated rings. The molecule has 5 rings (SSSR count). The second-order valence-electron chi connectivity index (χ2n) is 10.5. The summed E-state index contributed by atoms with van der Waals surface area (Å²) in [6.07, 6.45) is 13.1. The fourth-order valence-corrected chi connectivity index (χ4v) is 6.86. The van der Waals surface area contributed by atoms with E-state index in [9.17, 15) is 9.59 Å². The van der Waals surface area contributed by atoms with Crippen LogP contribution in [0.1, 0.15) is 84.5 Å². The van der Waals surface area contributed by atoms with Crippen molar-refractivity contribution in [2.45, 2.75) is 90.5 Å². The molecule has 5 aliphatic rings. The largest absolute Gasteiger partial charge is 0.344 e. The molecule has 0 aromatic heterocycles. The van der Waals surface area contributed by atoms with E-state index < -0.39 is 0 Å². The molecule has 4 heteroatoms. The zero-order valence-electron chi connectivity index (χ0n) is 17.3. The maximum Gasteiger partial charge on any atom is 0.245 e. The zero-order valence-corrected chi connectivity index (χ0v) is 17.3. The lowest BCUT2D eigenvalue weighted by atomic mass is 9.49. The predicted octanol–water partition coefficient (Wildman–Crippen LogP) is 4.14. The van der Waals surface area contributed by atoms with E-state index in [1.54, 1.807) is 0 Å². The van der Waals surface area contributed by atoms with E-state index >= 15 is 0 Å². The van der Waals surface area contributed by atoms with Gasteiger partial charge in [-0.15, -0.1) is 0 Å². The summed E-state index contributed by atoms with van der Waals surface area (Å²) in [4.78, 5) is 28.7. The molecule has 1 atom stereocenters. The normalized spacial score (nSPS) is 37.0. The summed E-state index contributed by atoms with van der Waals surface area (Å²) in [5.74, 6) is 2.75. The predicted molar refractivity (Wildman–Crippen MR) is 107 cm³/mol. The molecule has 27 heavy (non-hydrogen) atoms. The smallest absolute Gasteiger partial charge is 0.245 e. The third-order valence-corrected chi connectivity index (χ3v) is 7.91. The molecule has 0 aromatic rings. The van der Waals surface area contributed by atoms with Crippen LogP contribution in [0.4, 0.5) is 0 Å². The molecule has 2 amide bonds. The fourth-order valence-electron chi connectivity index (χ4n) is 6.86. The SMILES string of the molecule is CC(C)C(NC(=O)C12CC3CC(CC(C3)C1)C2)C(=O)N1CCCCCCC1. The summed E-state index contributed by atoms with van der Waals surface area (Å²) in [7, 11) is 0. The van der Waals surface area contributed by atoms with E-state index in [2.05, 4.69) is 19.2 Å². The molecule has 0 aromatic carbocycles. The zero-order chi connectivity index (χ0) is 19.0. The molecular formula is C23H38N2O2. The third kappa shape index (κ3) is 3.91. The van der Waals surface area contributed by atoms with Gasteiger partial charge in [0.25, 0.3) is 0 Å². The number of nitrogens with one attached hydrogen (secondary N) is 1. The lowest BCUT2D eigenvalue weighted by Crippen LogP contribution is -2.59. The molecule has 152 valence electrons. The molecule has 4 bridgehead atoms. The van der Waals surface area contributed by atoms with Crippen molar-refractivity contribution in [3.63, 3.8) is 0 Å². The van der Waals surface area contributed by atoms with E-state index in [1.165, 1.54) is 38.5 Å². The number of carbonyl (C=O) groups excluding carboxylic acids is 2. The van der Waals surface area contributed by atoms with Crippen LogP contribution in [-0.2, 0) is 9.59 Å². The summed E-state index contributed by atoms with van der Waals surface area (Å²) in [5.41, 5.74) is -0.168. The minimum absolute atomic E-state index is 0.140. The molecule has 4 saturated carbocycles. The van der Waals surface area contributed by atoms with Crippen LogP contribution in [0.3, 0.4) is 0 Å². The summed E-state index contributed by atoms with van der Waals surface area (Å²) in [5, 5.41) is 3.28. The Kier molecular flexibility index (Phi) is 5.53. The van der Waals surface area contributed by atoms with Crippen molar-refractivity contribution in [1.29, 1.82) is 0 Å². The van der Waals surface area contributed by atoms with Crippen LogP contribution in [0, 0.1) is 29.1 Å². The van der Waals surface area contributed by atoms with Gasteiger partial charge < -0.3 is 10.2 Å². The first-order chi connectivity index (χ1) is 13.0. The standard InChI is InChI=1S/C23H38N2O2/c1-16(2)20(21(26)25-8-6-4-3-5-7-9-25)24-22(27)23-13-17-10-18(14-23)12-19(11-17)15-23/h16-20H,3-15H2,1-2H3,(H,24,27). The quantitative estimate of drug-likeness (QED) is 0.804. The number of nitrogens with zero attached hydrogens (tertiary/aromatic N) is 1. The maximum absolute atomic E-state index is 13.4. The molecule has 1 aliphatic heterocycles. The molecule has 1 saturated heterocycles. The minimum Gasteiger partial charge on any atom is -0.344 e. The van der Waals surface area contributed by atoms with Crippen molar-refractivity contribution >= 4 is 11.8 Å². The van der Waals surface area contributed by atoms with Gasteiger partial charge >= 0.3 is 0 Å². The van der Waals surface area contributed by atoms with E-state index in [4.69, 9.17) is 0 Å². The highest BCUT2D eigenvalue weighted by Crippen LogP contribution is 2.60. The maximum atomic E-state index is 13.4. The van der Waals surface area contributed by atoms with Gasteiger partial charge in [-0.3, -0.25) is 9.59 Å². The van der Waals surface area contributed by atoms with Crippen molar-refractivity contribution in [2.24, 2.45) is 29.1 Å². The van der Waals surface area contributed by atoms with Crippen LogP contribution in [0.5, 0.6) is 0 Å². The highest BCUT2D eigenvalue weighted by molar-refractivity contribution is 5.90. The third-order valence-electron chi connectivity index (χ3n) is 7.91. The Labute approximate surface area is 164 Å². The van der Waals surface area contributed by atoms with E-state index in [1.807, 2.05) is 4.90 Å². The number of rotatable bonds is 4. The van der Waals surface area contributed by atoms with Crippen LogP contribution in [-0.4, -0.2) is 35.8 Å². The number of amides is 2. The Hall–Kier alpha value is -1.06. The highest BCUT2D eigenvalue weighted by atomic mass is 16.2. The Morgan fingerprint density at radius 1 is 0.852 bits per heavy atom. The summed E-state index contributed by atoms with van der Waals surface area (Å²) in [6, 6.07) is -0.357. The lowest BCUT2D eigenvalue weighted by Gasteiger charge is -2.56. The van der Waals surface area contributed by atoms with Gasteiger partial charge in [-0.1, -0.05) is 33.1 Å². The average Bonchev–Trinajstić information content (AvgIpc) is 2.57. The molecule has 0 radical (unpaired) electrons. The van der Waals surface area contributed by atoms with Crippen molar-refractivity contribution in [1.82, 2.24) is 10.2 Å². The first-order valence-electron chi connectivity index (χ1n) is 11.6. The van der Waals surface area contributed by atoms with Gasteiger partial charge in [0.15, 0.2) is 0 Å². The van der Waals surface area contributed by atoms with Crippen LogP contribution < -0.4 is 5.32 Å². The fraction of sp³-hybridized carbons (Fsp3) is 0.913. The van der Waals surface area contributed by atoms with Crippen LogP contribution >= 0.6 is 0 Å². The second kappa shape index (κ2) is 7.75. The molecular weight excluding hydrogens is 336 g/mol. The van der Waals surface area contributed by atoms with Crippen LogP contribution in [0.2, 0.25) is 0 Å². The minimum atomic E-state index is -0.357. The van der Waals surface area contributed by atoms with Gasteiger partial charge in [0, 0.05) is 18.5 Å². The number of hydrogen-bond acceptors (Lipinski definition) is 2. The Morgan fingerprint density at radius 3 is 1.81 bits per heavy atom. The van der Waals surface area contributed by atoms with E-state index in [0.29, 0.717) is 0 Å². The van der Waals surface area contributed by atoms with E-state index in [-0.39, 0.29) is 29.2 Å². The topological polar surface area (TPSA) is 49.4 Å². The highest BCUT2D eigenvalue weighted by Gasteiger charge is 2.55. The summed E-state index contributed by atoms with van der Waals surface area (Å²) in [6.45, 7) is 5.86. The van der Waals surface area contributed by atoms with Gasteiger partial charge in [-0.2, -0.15) is 0 Å². The average molecular weight is 375 g/mol. The Bertz CT molecular complexity index is 527. The van der Waals surface area contributed by atoms with Gasteiger partial charge in [0.05, 0.1) is 0 Å². The summed E-state index contributed by atoms with van der Waals surface area (Å²) >= 11 is 0. The van der Waals surface area contributed by atoms with Crippen LogP contribution in [0.15, 0.2) is 0 Å². The van der Waals surface area contributed by atoms with Gasteiger partial charge in [-0.05, 0) is 75.0 Å². The van der Waals surface area contributed by atoms with Gasteiger partial charge in [-0.25, -0.2) is 0 Å². The second-order valence-corrected chi connectivity index (χ2v) is 10.5. The number of likely N-dealkylation sites (tertiary alicyclic amines) is 1. The Morgan fingerprint density at radius 2 is 1.33 bits per heavy atom. The van der Waals surface area contributed by atoms with Crippen molar-refractivity contribution in [3.05, 3.63) is 0 Å². The lowest BCUT2D eigenvalue weighted by molar-refractivity contribution is -0.150. The molecule has 4 aliphatic carbocycles. The van der Waals surface area contributed by atoms with Gasteiger partial charge in [0.2, 0.25) is 11.8 Å². The van der Waals surface area contributed by atoms with Gasteiger partial charge in [0.1, 0.15) is 6.04 Å². The Balaban J connectivity index is 1.45. The van der Waals surface area contributed by atoms with Crippen molar-refractivity contribution in [2.75, 3.05) is 13.1 Å². The monoisotopic (exact) mass is 374 g/mol. The number of hydrogen-bond donors (Lipinski definition) is 1.